The van der Waals surface area contributed by atoms with Crippen LogP contribution in [0.4, 0.5) is 0 Å². The van der Waals surface area contributed by atoms with Crippen molar-refractivity contribution in [1.29, 1.82) is 0 Å². The van der Waals surface area contributed by atoms with E-state index in [9.17, 15) is 9.90 Å². The number of aromatic amines is 1. The van der Waals surface area contributed by atoms with Crippen molar-refractivity contribution in [3.05, 3.63) is 57.5 Å². The molecule has 0 spiro atoms. The average Bonchev–Trinajstić information content (AvgIpc) is 2.40. The minimum absolute atomic E-state index is 0.121. The zero-order valence-corrected chi connectivity index (χ0v) is 13.7. The molecule has 0 fully saturated rings. The second kappa shape index (κ2) is 5.98. The molecule has 0 unspecified atom stereocenters. The lowest BCUT2D eigenvalue weighted by molar-refractivity contribution is 0.467. The fourth-order valence-corrected chi connectivity index (χ4v) is 2.95. The van der Waals surface area contributed by atoms with Crippen LogP contribution in [0.2, 0.25) is 0 Å². The quantitative estimate of drug-likeness (QED) is 0.843. The van der Waals surface area contributed by atoms with Crippen molar-refractivity contribution in [3.63, 3.8) is 0 Å². The SMILES string of the molecule is Cc1ccc(C(C)(C)C)cc1SCc1cc(=O)c(O)c[nH]1. The third-order valence-corrected chi connectivity index (χ3v) is 4.60. The summed E-state index contributed by atoms with van der Waals surface area (Å²) in [5.41, 5.74) is 3.12. The van der Waals surface area contributed by atoms with Crippen LogP contribution >= 0.6 is 11.8 Å². The summed E-state index contributed by atoms with van der Waals surface area (Å²) in [7, 11) is 0. The fourth-order valence-electron chi connectivity index (χ4n) is 1.97. The maximum Gasteiger partial charge on any atom is 0.223 e. The first-order valence-electron chi connectivity index (χ1n) is 6.92. The molecule has 0 radical (unpaired) electrons. The van der Waals surface area contributed by atoms with Gasteiger partial charge < -0.3 is 10.1 Å². The predicted molar refractivity (Wildman–Crippen MR) is 88.2 cm³/mol. The molecule has 1 heterocycles. The highest BCUT2D eigenvalue weighted by atomic mass is 32.2. The van der Waals surface area contributed by atoms with Crippen LogP contribution in [0.5, 0.6) is 5.75 Å². The number of hydrogen-bond acceptors (Lipinski definition) is 3. The molecular weight excluding hydrogens is 282 g/mol. The first-order chi connectivity index (χ1) is 9.77. The molecule has 0 saturated heterocycles. The zero-order valence-electron chi connectivity index (χ0n) is 12.9. The first kappa shape index (κ1) is 15.7. The van der Waals surface area contributed by atoms with Gasteiger partial charge in [0.2, 0.25) is 5.43 Å². The number of aromatic hydroxyl groups is 1. The summed E-state index contributed by atoms with van der Waals surface area (Å²) in [6.07, 6.45) is 1.34. The number of hydrogen-bond donors (Lipinski definition) is 2. The smallest absolute Gasteiger partial charge is 0.223 e. The molecule has 2 aromatic rings. The van der Waals surface area contributed by atoms with E-state index in [1.165, 1.54) is 28.3 Å². The Hall–Kier alpha value is -1.68. The molecule has 112 valence electrons. The van der Waals surface area contributed by atoms with E-state index in [0.29, 0.717) is 5.75 Å². The van der Waals surface area contributed by atoms with Crippen LogP contribution < -0.4 is 5.43 Å². The highest BCUT2D eigenvalue weighted by Gasteiger charge is 2.15. The lowest BCUT2D eigenvalue weighted by atomic mass is 9.87. The normalized spacial score (nSPS) is 11.6. The highest BCUT2D eigenvalue weighted by molar-refractivity contribution is 7.98. The van der Waals surface area contributed by atoms with Gasteiger partial charge in [0.15, 0.2) is 5.75 Å². The number of thioether (sulfide) groups is 1. The molecule has 0 aliphatic heterocycles. The minimum atomic E-state index is -0.343. The molecule has 2 rings (SSSR count). The van der Waals surface area contributed by atoms with Gasteiger partial charge in [-0.15, -0.1) is 11.8 Å². The Balaban J connectivity index is 2.19. The predicted octanol–water partition coefficient (Wildman–Crippen LogP) is 3.98. The standard InChI is InChI=1S/C17H21NO2S/c1-11-5-6-12(17(2,3)4)7-16(11)21-10-13-8-14(19)15(20)9-18-13/h5-9,20H,10H2,1-4H3,(H,18,19). The second-order valence-electron chi connectivity index (χ2n) is 6.23. The highest BCUT2D eigenvalue weighted by Crippen LogP contribution is 2.31. The van der Waals surface area contributed by atoms with E-state index in [-0.39, 0.29) is 16.6 Å². The van der Waals surface area contributed by atoms with Gasteiger partial charge in [0.1, 0.15) is 0 Å². The molecule has 1 aromatic heterocycles. The summed E-state index contributed by atoms with van der Waals surface area (Å²) in [6, 6.07) is 7.98. The van der Waals surface area contributed by atoms with E-state index < -0.39 is 0 Å². The van der Waals surface area contributed by atoms with E-state index in [2.05, 4.69) is 50.9 Å². The van der Waals surface area contributed by atoms with Crippen molar-refractivity contribution in [2.75, 3.05) is 0 Å². The maximum absolute atomic E-state index is 11.4. The summed E-state index contributed by atoms with van der Waals surface area (Å²) in [6.45, 7) is 8.69. The number of rotatable bonds is 3. The van der Waals surface area contributed by atoms with Crippen molar-refractivity contribution in [2.45, 2.75) is 43.8 Å². The molecule has 0 atom stereocenters. The fraction of sp³-hybridized carbons (Fsp3) is 0.353. The lowest BCUT2D eigenvalue weighted by Gasteiger charge is -2.20. The Morgan fingerprint density at radius 2 is 1.95 bits per heavy atom. The summed E-state index contributed by atoms with van der Waals surface area (Å²) in [5, 5.41) is 9.25. The third-order valence-electron chi connectivity index (χ3n) is 3.39. The van der Waals surface area contributed by atoms with Crippen molar-refractivity contribution in [2.24, 2.45) is 0 Å². The molecule has 0 saturated carbocycles. The van der Waals surface area contributed by atoms with E-state index >= 15 is 0 Å². The number of aromatic nitrogens is 1. The van der Waals surface area contributed by atoms with E-state index in [0.717, 1.165) is 5.69 Å². The van der Waals surface area contributed by atoms with E-state index in [1.54, 1.807) is 11.8 Å². The number of pyridine rings is 1. The van der Waals surface area contributed by atoms with Gasteiger partial charge >= 0.3 is 0 Å². The van der Waals surface area contributed by atoms with Crippen LogP contribution in [-0.4, -0.2) is 10.1 Å². The molecule has 3 nitrogen and oxygen atoms in total. The van der Waals surface area contributed by atoms with E-state index in [4.69, 9.17) is 0 Å². The Bertz CT molecular complexity index is 699. The maximum atomic E-state index is 11.4. The number of H-pyrrole nitrogens is 1. The molecule has 1 aromatic carbocycles. The van der Waals surface area contributed by atoms with Crippen molar-refractivity contribution < 1.29 is 5.11 Å². The van der Waals surface area contributed by atoms with Gasteiger partial charge in [-0.2, -0.15) is 0 Å². The number of nitrogens with one attached hydrogen (secondary N) is 1. The first-order valence-corrected chi connectivity index (χ1v) is 7.90. The number of aryl methyl sites for hydroxylation is 1. The van der Waals surface area contributed by atoms with Gasteiger partial charge in [-0.25, -0.2) is 0 Å². The number of benzene rings is 1. The Kier molecular flexibility index (Phi) is 4.47. The monoisotopic (exact) mass is 303 g/mol. The zero-order chi connectivity index (χ0) is 15.6. The van der Waals surface area contributed by atoms with Gasteiger partial charge in [-0.3, -0.25) is 4.79 Å². The topological polar surface area (TPSA) is 53.1 Å². The molecule has 0 aliphatic carbocycles. The van der Waals surface area contributed by atoms with Gasteiger partial charge in [0, 0.05) is 28.6 Å². The van der Waals surface area contributed by atoms with Crippen LogP contribution in [0.1, 0.15) is 37.6 Å². The van der Waals surface area contributed by atoms with Crippen molar-refractivity contribution in [1.82, 2.24) is 4.98 Å². The summed E-state index contributed by atoms with van der Waals surface area (Å²) >= 11 is 1.69. The molecule has 0 amide bonds. The van der Waals surface area contributed by atoms with Crippen LogP contribution in [0.25, 0.3) is 0 Å². The Labute approximate surface area is 129 Å². The van der Waals surface area contributed by atoms with Gasteiger partial charge in [0.25, 0.3) is 0 Å². The molecule has 2 N–H and O–H groups in total. The molecule has 0 aliphatic rings. The summed E-state index contributed by atoms with van der Waals surface area (Å²) in [4.78, 5) is 15.6. The van der Waals surface area contributed by atoms with Crippen molar-refractivity contribution >= 4 is 11.8 Å². The van der Waals surface area contributed by atoms with Gasteiger partial charge in [-0.1, -0.05) is 32.9 Å². The van der Waals surface area contributed by atoms with Crippen LogP contribution in [0.3, 0.4) is 0 Å². The van der Waals surface area contributed by atoms with Crippen LogP contribution in [-0.2, 0) is 11.2 Å². The molecule has 21 heavy (non-hydrogen) atoms. The average molecular weight is 303 g/mol. The van der Waals surface area contributed by atoms with E-state index in [1.807, 2.05) is 0 Å². The summed E-state index contributed by atoms with van der Waals surface area (Å²) in [5.74, 6) is 0.430. The lowest BCUT2D eigenvalue weighted by Crippen LogP contribution is -2.11. The van der Waals surface area contributed by atoms with Crippen LogP contribution in [0, 0.1) is 6.92 Å². The third kappa shape index (κ3) is 3.91. The molecular formula is C17H21NO2S. The van der Waals surface area contributed by atoms with Crippen molar-refractivity contribution in [3.8, 4) is 5.75 Å². The Morgan fingerprint density at radius 1 is 1.24 bits per heavy atom. The van der Waals surface area contributed by atoms with Crippen LogP contribution in [0.15, 0.2) is 40.2 Å². The second-order valence-corrected chi connectivity index (χ2v) is 7.24. The molecule has 0 bridgehead atoms. The minimum Gasteiger partial charge on any atom is -0.503 e. The summed E-state index contributed by atoms with van der Waals surface area (Å²) < 4.78 is 0. The van der Waals surface area contributed by atoms with Gasteiger partial charge in [-0.05, 0) is 29.5 Å². The van der Waals surface area contributed by atoms with Gasteiger partial charge in [0.05, 0.1) is 0 Å². The largest absolute Gasteiger partial charge is 0.503 e. The Morgan fingerprint density at radius 3 is 2.57 bits per heavy atom. The molecule has 4 heteroatoms.